The highest BCUT2D eigenvalue weighted by Crippen LogP contribution is 2.19. The molecule has 1 aliphatic rings. The maximum Gasteiger partial charge on any atom is 0.224 e. The first-order valence-corrected chi connectivity index (χ1v) is 6.67. The predicted molar refractivity (Wildman–Crippen MR) is 69.8 cm³/mol. The smallest absolute Gasteiger partial charge is 0.224 e. The Morgan fingerprint density at radius 1 is 1.50 bits per heavy atom. The SMILES string of the molecule is CC(N)C1CCN(C(=O)CCn2cccn2)CC1. The maximum absolute atomic E-state index is 12.0. The average molecular weight is 250 g/mol. The van der Waals surface area contributed by atoms with Gasteiger partial charge in [-0.15, -0.1) is 0 Å². The lowest BCUT2D eigenvalue weighted by molar-refractivity contribution is -0.132. The van der Waals surface area contributed by atoms with E-state index < -0.39 is 0 Å². The van der Waals surface area contributed by atoms with Crippen LogP contribution >= 0.6 is 0 Å². The van der Waals surface area contributed by atoms with Crippen LogP contribution in [0.2, 0.25) is 0 Å². The summed E-state index contributed by atoms with van der Waals surface area (Å²) >= 11 is 0. The first-order chi connectivity index (χ1) is 8.66. The number of rotatable bonds is 4. The van der Waals surface area contributed by atoms with Gasteiger partial charge in [0.15, 0.2) is 0 Å². The Labute approximate surface area is 108 Å². The van der Waals surface area contributed by atoms with Crippen molar-refractivity contribution in [3.63, 3.8) is 0 Å². The van der Waals surface area contributed by atoms with Gasteiger partial charge in [-0.25, -0.2) is 0 Å². The molecule has 1 amide bonds. The largest absolute Gasteiger partial charge is 0.343 e. The van der Waals surface area contributed by atoms with Gasteiger partial charge in [0.2, 0.25) is 5.91 Å². The van der Waals surface area contributed by atoms with Crippen LogP contribution in [-0.4, -0.2) is 39.7 Å². The zero-order valence-corrected chi connectivity index (χ0v) is 11.0. The quantitative estimate of drug-likeness (QED) is 0.862. The number of hydrogen-bond donors (Lipinski definition) is 1. The Balaban J connectivity index is 1.74. The molecule has 1 unspecified atom stereocenters. The standard InChI is InChI=1S/C13H22N4O/c1-11(14)12-3-8-16(9-4-12)13(18)5-10-17-7-2-6-15-17/h2,6-7,11-12H,3-5,8-10,14H2,1H3. The molecule has 1 aliphatic heterocycles. The molecular formula is C13H22N4O. The molecule has 1 aromatic rings. The van der Waals surface area contributed by atoms with Crippen molar-refractivity contribution < 1.29 is 4.79 Å². The van der Waals surface area contributed by atoms with E-state index in [-0.39, 0.29) is 11.9 Å². The van der Waals surface area contributed by atoms with Crippen molar-refractivity contribution in [3.05, 3.63) is 18.5 Å². The van der Waals surface area contributed by atoms with Gasteiger partial charge in [-0.05, 0) is 31.7 Å². The molecule has 1 saturated heterocycles. The molecule has 0 bridgehead atoms. The van der Waals surface area contributed by atoms with Gasteiger partial charge in [0.25, 0.3) is 0 Å². The molecule has 2 N–H and O–H groups in total. The van der Waals surface area contributed by atoms with Gasteiger partial charge in [0, 0.05) is 44.5 Å². The molecule has 2 heterocycles. The summed E-state index contributed by atoms with van der Waals surface area (Å²) in [5, 5.41) is 4.10. The topological polar surface area (TPSA) is 64.2 Å². The summed E-state index contributed by atoms with van der Waals surface area (Å²) in [5.74, 6) is 0.800. The fraction of sp³-hybridized carbons (Fsp3) is 0.692. The second-order valence-corrected chi connectivity index (χ2v) is 5.10. The number of piperidine rings is 1. The molecule has 0 radical (unpaired) electrons. The maximum atomic E-state index is 12.0. The molecule has 0 aromatic carbocycles. The van der Waals surface area contributed by atoms with Gasteiger partial charge in [-0.3, -0.25) is 9.48 Å². The van der Waals surface area contributed by atoms with E-state index in [9.17, 15) is 4.79 Å². The number of carbonyl (C=O) groups excluding carboxylic acids is 1. The first kappa shape index (κ1) is 13.1. The van der Waals surface area contributed by atoms with Crippen LogP contribution in [0, 0.1) is 5.92 Å². The molecule has 1 fully saturated rings. The van der Waals surface area contributed by atoms with Gasteiger partial charge >= 0.3 is 0 Å². The average Bonchev–Trinajstić information content (AvgIpc) is 2.89. The molecule has 0 aliphatic carbocycles. The van der Waals surface area contributed by atoms with Crippen LogP contribution in [0.15, 0.2) is 18.5 Å². The fourth-order valence-corrected chi connectivity index (χ4v) is 2.48. The lowest BCUT2D eigenvalue weighted by atomic mass is 9.91. The molecular weight excluding hydrogens is 228 g/mol. The zero-order chi connectivity index (χ0) is 13.0. The van der Waals surface area contributed by atoms with Crippen molar-refractivity contribution in [1.29, 1.82) is 0 Å². The van der Waals surface area contributed by atoms with E-state index in [0.717, 1.165) is 25.9 Å². The van der Waals surface area contributed by atoms with Crippen LogP contribution in [-0.2, 0) is 11.3 Å². The summed E-state index contributed by atoms with van der Waals surface area (Å²) in [4.78, 5) is 14.0. The minimum atomic E-state index is 0.230. The van der Waals surface area contributed by atoms with E-state index in [2.05, 4.69) is 12.0 Å². The van der Waals surface area contributed by atoms with Crippen molar-refractivity contribution in [2.24, 2.45) is 11.7 Å². The highest BCUT2D eigenvalue weighted by molar-refractivity contribution is 5.76. The molecule has 5 nitrogen and oxygen atoms in total. The minimum absolute atomic E-state index is 0.230. The fourth-order valence-electron chi connectivity index (χ4n) is 2.48. The molecule has 5 heteroatoms. The van der Waals surface area contributed by atoms with E-state index in [1.165, 1.54) is 0 Å². The number of nitrogens with zero attached hydrogens (tertiary/aromatic N) is 3. The normalized spacial score (nSPS) is 18.9. The number of carbonyl (C=O) groups is 1. The van der Waals surface area contributed by atoms with Crippen molar-refractivity contribution in [2.75, 3.05) is 13.1 Å². The zero-order valence-electron chi connectivity index (χ0n) is 11.0. The molecule has 0 saturated carbocycles. The second-order valence-electron chi connectivity index (χ2n) is 5.10. The monoisotopic (exact) mass is 250 g/mol. The number of aryl methyl sites for hydroxylation is 1. The van der Waals surface area contributed by atoms with Crippen LogP contribution in [0.5, 0.6) is 0 Å². The number of aromatic nitrogens is 2. The Bertz CT molecular complexity index is 366. The minimum Gasteiger partial charge on any atom is -0.343 e. The van der Waals surface area contributed by atoms with Crippen LogP contribution in [0.4, 0.5) is 0 Å². The van der Waals surface area contributed by atoms with Crippen molar-refractivity contribution in [1.82, 2.24) is 14.7 Å². The van der Waals surface area contributed by atoms with Gasteiger partial charge < -0.3 is 10.6 Å². The van der Waals surface area contributed by atoms with Gasteiger partial charge in [0.05, 0.1) is 0 Å². The first-order valence-electron chi connectivity index (χ1n) is 6.67. The molecule has 18 heavy (non-hydrogen) atoms. The molecule has 1 aromatic heterocycles. The van der Waals surface area contributed by atoms with Gasteiger partial charge in [0.1, 0.15) is 0 Å². The lowest BCUT2D eigenvalue weighted by Gasteiger charge is -2.33. The van der Waals surface area contributed by atoms with Crippen LogP contribution < -0.4 is 5.73 Å². The summed E-state index contributed by atoms with van der Waals surface area (Å²) in [5.41, 5.74) is 5.90. The van der Waals surface area contributed by atoms with Crippen molar-refractivity contribution in [2.45, 2.75) is 38.8 Å². The van der Waals surface area contributed by atoms with Gasteiger partial charge in [-0.1, -0.05) is 0 Å². The number of likely N-dealkylation sites (tertiary alicyclic amines) is 1. The molecule has 1 atom stereocenters. The summed E-state index contributed by atoms with van der Waals surface area (Å²) in [7, 11) is 0. The van der Waals surface area contributed by atoms with Crippen molar-refractivity contribution in [3.8, 4) is 0 Å². The summed E-state index contributed by atoms with van der Waals surface area (Å²) in [6, 6.07) is 2.12. The Kier molecular flexibility index (Phi) is 4.36. The lowest BCUT2D eigenvalue weighted by Crippen LogP contribution is -2.42. The molecule has 100 valence electrons. The Hall–Kier alpha value is -1.36. The molecule has 0 spiro atoms. The number of nitrogens with two attached hydrogens (primary N) is 1. The van der Waals surface area contributed by atoms with Crippen LogP contribution in [0.3, 0.4) is 0 Å². The summed E-state index contributed by atoms with van der Waals surface area (Å²) in [6.07, 6.45) is 6.22. The third-order valence-electron chi connectivity index (χ3n) is 3.75. The third kappa shape index (κ3) is 3.32. The van der Waals surface area contributed by atoms with E-state index in [0.29, 0.717) is 18.9 Å². The number of hydrogen-bond acceptors (Lipinski definition) is 3. The van der Waals surface area contributed by atoms with E-state index in [4.69, 9.17) is 5.73 Å². The Morgan fingerprint density at radius 3 is 2.78 bits per heavy atom. The summed E-state index contributed by atoms with van der Waals surface area (Å²) in [6.45, 7) is 4.42. The van der Waals surface area contributed by atoms with Gasteiger partial charge in [-0.2, -0.15) is 5.10 Å². The summed E-state index contributed by atoms with van der Waals surface area (Å²) < 4.78 is 1.80. The van der Waals surface area contributed by atoms with E-state index in [1.54, 1.807) is 10.9 Å². The van der Waals surface area contributed by atoms with Crippen molar-refractivity contribution >= 4 is 5.91 Å². The highest BCUT2D eigenvalue weighted by Gasteiger charge is 2.24. The third-order valence-corrected chi connectivity index (χ3v) is 3.75. The predicted octanol–water partition coefficient (Wildman–Crippen LogP) is 0.859. The van der Waals surface area contributed by atoms with Crippen LogP contribution in [0.25, 0.3) is 0 Å². The van der Waals surface area contributed by atoms with E-state index >= 15 is 0 Å². The second kappa shape index (κ2) is 6.00. The Morgan fingerprint density at radius 2 is 2.22 bits per heavy atom. The van der Waals surface area contributed by atoms with E-state index in [1.807, 2.05) is 17.2 Å². The number of amides is 1. The van der Waals surface area contributed by atoms with Crippen LogP contribution in [0.1, 0.15) is 26.2 Å². The highest BCUT2D eigenvalue weighted by atomic mass is 16.2. The molecule has 2 rings (SSSR count).